The van der Waals surface area contributed by atoms with Gasteiger partial charge in [0.1, 0.15) is 0 Å². The van der Waals surface area contributed by atoms with Crippen molar-refractivity contribution >= 4 is 23.2 Å². The molecule has 0 radical (unpaired) electrons. The zero-order valence-electron chi connectivity index (χ0n) is 13.5. The first kappa shape index (κ1) is 17.5. The molecule has 24 heavy (non-hydrogen) atoms. The second-order valence-corrected chi connectivity index (χ2v) is 6.08. The molecule has 0 bridgehead atoms. The predicted molar refractivity (Wildman–Crippen MR) is 87.2 cm³/mol. The number of halogens is 2. The van der Waals surface area contributed by atoms with Crippen LogP contribution in [0, 0.1) is 11.6 Å². The third kappa shape index (κ3) is 3.92. The molecule has 0 aromatic heterocycles. The minimum absolute atomic E-state index is 0.283. The molecule has 0 heterocycles. The van der Waals surface area contributed by atoms with Crippen LogP contribution < -0.4 is 4.90 Å². The molecular weight excluding hydrogens is 316 g/mol. The van der Waals surface area contributed by atoms with Gasteiger partial charge in [-0.1, -0.05) is 12.1 Å². The molecule has 5 nitrogen and oxygen atoms in total. The number of rotatable bonds is 3. The third-order valence-corrected chi connectivity index (χ3v) is 3.15. The van der Waals surface area contributed by atoms with Gasteiger partial charge < -0.3 is 5.11 Å². The summed E-state index contributed by atoms with van der Waals surface area (Å²) in [6.07, 6.45) is -1.11. The fraction of sp³-hybridized carbons (Fsp3) is 0.235. The van der Waals surface area contributed by atoms with Crippen molar-refractivity contribution in [2.24, 2.45) is 10.2 Å². The molecule has 0 saturated heterocycles. The third-order valence-electron chi connectivity index (χ3n) is 3.15. The van der Waals surface area contributed by atoms with E-state index < -0.39 is 29.0 Å². The van der Waals surface area contributed by atoms with Crippen molar-refractivity contribution in [1.29, 1.82) is 0 Å². The van der Waals surface area contributed by atoms with Crippen LogP contribution in [0.4, 0.5) is 30.6 Å². The predicted octanol–water partition coefficient (Wildman–Crippen LogP) is 5.66. The lowest BCUT2D eigenvalue weighted by molar-refractivity contribution is 0.195. The van der Waals surface area contributed by atoms with Crippen LogP contribution in [0.25, 0.3) is 0 Å². The molecule has 7 heteroatoms. The highest BCUT2D eigenvalue weighted by molar-refractivity contribution is 5.88. The van der Waals surface area contributed by atoms with Gasteiger partial charge in [0.2, 0.25) is 0 Å². The number of carbonyl (C=O) groups is 1. The fourth-order valence-electron chi connectivity index (χ4n) is 2.17. The van der Waals surface area contributed by atoms with Gasteiger partial charge in [0, 0.05) is 11.2 Å². The standard InChI is InChI=1S/C17H17F2N3O2/c1-17(2,3)22(16(23)24)12-7-4-6-11(10-12)20-21-15-13(18)8-5-9-14(15)19/h4-10H,1-3H3,(H,23,24). The molecule has 0 saturated carbocycles. The molecule has 0 aliphatic carbocycles. The molecule has 0 spiro atoms. The van der Waals surface area contributed by atoms with Crippen LogP contribution in [0.2, 0.25) is 0 Å². The number of anilines is 1. The first-order valence-corrected chi connectivity index (χ1v) is 7.19. The van der Waals surface area contributed by atoms with E-state index in [1.807, 2.05) is 0 Å². The van der Waals surface area contributed by atoms with Gasteiger partial charge in [-0.2, -0.15) is 5.11 Å². The van der Waals surface area contributed by atoms with Gasteiger partial charge in [-0.05, 0) is 51.1 Å². The molecular formula is C17H17F2N3O2. The van der Waals surface area contributed by atoms with Crippen molar-refractivity contribution in [2.75, 3.05) is 4.90 Å². The Kier molecular flexibility index (Phi) is 4.92. The lowest BCUT2D eigenvalue weighted by atomic mass is 10.1. The Morgan fingerprint density at radius 3 is 2.17 bits per heavy atom. The van der Waals surface area contributed by atoms with Crippen molar-refractivity contribution < 1.29 is 18.7 Å². The van der Waals surface area contributed by atoms with Crippen LogP contribution in [0.3, 0.4) is 0 Å². The lowest BCUT2D eigenvalue weighted by Crippen LogP contribution is -2.45. The SMILES string of the molecule is CC(C)(C)N(C(=O)O)c1cccc(N=Nc2c(F)cccc2F)c1. The van der Waals surface area contributed by atoms with Crippen LogP contribution in [-0.2, 0) is 0 Å². The Labute approximate surface area is 138 Å². The second-order valence-electron chi connectivity index (χ2n) is 6.08. The molecule has 0 fully saturated rings. The van der Waals surface area contributed by atoms with Crippen LogP contribution in [0.15, 0.2) is 52.7 Å². The molecule has 126 valence electrons. The highest BCUT2D eigenvalue weighted by Gasteiger charge is 2.27. The molecule has 2 aromatic carbocycles. The molecule has 0 atom stereocenters. The maximum Gasteiger partial charge on any atom is 0.412 e. The monoisotopic (exact) mass is 333 g/mol. The van der Waals surface area contributed by atoms with Crippen LogP contribution in [0.1, 0.15) is 20.8 Å². The fourth-order valence-corrected chi connectivity index (χ4v) is 2.17. The highest BCUT2D eigenvalue weighted by Crippen LogP contribution is 2.29. The van der Waals surface area contributed by atoms with Crippen molar-refractivity contribution in [3.8, 4) is 0 Å². The summed E-state index contributed by atoms with van der Waals surface area (Å²) in [6.45, 7) is 5.26. The van der Waals surface area contributed by atoms with Gasteiger partial charge in [-0.15, -0.1) is 5.11 Å². The summed E-state index contributed by atoms with van der Waals surface area (Å²) < 4.78 is 27.1. The van der Waals surface area contributed by atoms with Crippen molar-refractivity contribution in [2.45, 2.75) is 26.3 Å². The molecule has 0 aliphatic rings. The van der Waals surface area contributed by atoms with E-state index in [4.69, 9.17) is 0 Å². The number of azo groups is 1. The van der Waals surface area contributed by atoms with Crippen LogP contribution in [0.5, 0.6) is 0 Å². The quantitative estimate of drug-likeness (QED) is 0.736. The smallest absolute Gasteiger partial charge is 0.412 e. The van der Waals surface area contributed by atoms with E-state index in [0.29, 0.717) is 5.69 Å². The van der Waals surface area contributed by atoms with E-state index >= 15 is 0 Å². The minimum atomic E-state index is -1.11. The summed E-state index contributed by atoms with van der Waals surface area (Å²) >= 11 is 0. The Balaban J connectivity index is 2.37. The van der Waals surface area contributed by atoms with E-state index in [1.54, 1.807) is 39.0 Å². The number of nitrogens with zero attached hydrogens (tertiary/aromatic N) is 3. The first-order chi connectivity index (χ1) is 11.2. The Hall–Kier alpha value is -2.83. The first-order valence-electron chi connectivity index (χ1n) is 7.19. The topological polar surface area (TPSA) is 65.3 Å². The van der Waals surface area contributed by atoms with E-state index in [-0.39, 0.29) is 5.69 Å². The van der Waals surface area contributed by atoms with Crippen molar-refractivity contribution in [3.05, 3.63) is 54.1 Å². The van der Waals surface area contributed by atoms with Crippen LogP contribution in [-0.4, -0.2) is 16.7 Å². The molecule has 2 aromatic rings. The molecule has 1 amide bonds. The van der Waals surface area contributed by atoms with Gasteiger partial charge in [0.05, 0.1) is 5.69 Å². The number of benzene rings is 2. The van der Waals surface area contributed by atoms with Gasteiger partial charge in [-0.3, -0.25) is 4.90 Å². The molecule has 0 aliphatic heterocycles. The number of amides is 1. The van der Waals surface area contributed by atoms with E-state index in [9.17, 15) is 18.7 Å². The summed E-state index contributed by atoms with van der Waals surface area (Å²) in [4.78, 5) is 12.7. The molecule has 1 N–H and O–H groups in total. The number of carboxylic acid groups (broad SMARTS) is 1. The Morgan fingerprint density at radius 2 is 1.62 bits per heavy atom. The van der Waals surface area contributed by atoms with E-state index in [2.05, 4.69) is 10.2 Å². The van der Waals surface area contributed by atoms with Crippen LogP contribution >= 0.6 is 0 Å². The molecule has 2 rings (SSSR count). The zero-order chi connectivity index (χ0) is 17.9. The van der Waals surface area contributed by atoms with Gasteiger partial charge in [0.15, 0.2) is 17.3 Å². The maximum atomic E-state index is 13.5. The molecule has 0 unspecified atom stereocenters. The summed E-state index contributed by atoms with van der Waals surface area (Å²) in [5.74, 6) is -1.64. The lowest BCUT2D eigenvalue weighted by Gasteiger charge is -2.33. The average molecular weight is 333 g/mol. The summed E-state index contributed by atoms with van der Waals surface area (Å²) in [7, 11) is 0. The van der Waals surface area contributed by atoms with Crippen molar-refractivity contribution in [3.63, 3.8) is 0 Å². The zero-order valence-corrected chi connectivity index (χ0v) is 13.5. The highest BCUT2D eigenvalue weighted by atomic mass is 19.1. The van der Waals surface area contributed by atoms with Gasteiger partial charge in [-0.25, -0.2) is 13.6 Å². The van der Waals surface area contributed by atoms with Gasteiger partial charge >= 0.3 is 6.09 Å². The summed E-state index contributed by atoms with van der Waals surface area (Å²) in [5.41, 5.74) is -0.487. The minimum Gasteiger partial charge on any atom is -0.465 e. The largest absolute Gasteiger partial charge is 0.465 e. The average Bonchev–Trinajstić information content (AvgIpc) is 2.45. The van der Waals surface area contributed by atoms with E-state index in [0.717, 1.165) is 12.1 Å². The van der Waals surface area contributed by atoms with Gasteiger partial charge in [0.25, 0.3) is 0 Å². The number of hydrogen-bond acceptors (Lipinski definition) is 3. The Morgan fingerprint density at radius 1 is 1.04 bits per heavy atom. The normalized spacial score (nSPS) is 11.7. The summed E-state index contributed by atoms with van der Waals surface area (Å²) in [5, 5.41) is 16.8. The maximum absolute atomic E-state index is 13.5. The second kappa shape index (κ2) is 6.74. The Bertz CT molecular complexity index is 765. The summed E-state index contributed by atoms with van der Waals surface area (Å²) in [6, 6.07) is 9.67. The number of hydrogen-bond donors (Lipinski definition) is 1. The van der Waals surface area contributed by atoms with Crippen molar-refractivity contribution in [1.82, 2.24) is 0 Å². The van der Waals surface area contributed by atoms with E-state index in [1.165, 1.54) is 17.0 Å².